The molecule has 0 saturated heterocycles. The third-order valence-corrected chi connectivity index (χ3v) is 6.45. The van der Waals surface area contributed by atoms with Crippen molar-refractivity contribution in [3.63, 3.8) is 0 Å². The minimum absolute atomic E-state index is 0.304. The van der Waals surface area contributed by atoms with Gasteiger partial charge in [-0.05, 0) is 80.6 Å². The first-order valence-electron chi connectivity index (χ1n) is 12.4. The summed E-state index contributed by atoms with van der Waals surface area (Å²) >= 11 is 0. The van der Waals surface area contributed by atoms with Gasteiger partial charge < -0.3 is 14.0 Å². The van der Waals surface area contributed by atoms with E-state index in [-0.39, 0.29) is 5.91 Å². The first-order valence-corrected chi connectivity index (χ1v) is 12.4. The molecule has 0 fully saturated rings. The number of hydrogen-bond donors (Lipinski definition) is 1. The van der Waals surface area contributed by atoms with E-state index in [0.717, 1.165) is 33.9 Å². The van der Waals surface area contributed by atoms with Crippen LogP contribution in [-0.2, 0) is 0 Å². The van der Waals surface area contributed by atoms with E-state index in [2.05, 4.69) is 41.1 Å². The number of ether oxygens (including phenoxy) is 2. The molecule has 196 valence electrons. The molecule has 1 amide bonds. The van der Waals surface area contributed by atoms with E-state index < -0.39 is 0 Å². The van der Waals surface area contributed by atoms with E-state index in [1.165, 1.54) is 0 Å². The van der Waals surface area contributed by atoms with Crippen LogP contribution in [0.25, 0.3) is 22.6 Å². The van der Waals surface area contributed by atoms with Gasteiger partial charge in [0.2, 0.25) is 0 Å². The highest BCUT2D eigenvalue weighted by Crippen LogP contribution is 2.33. The summed E-state index contributed by atoms with van der Waals surface area (Å²) in [5, 5.41) is 9.05. The van der Waals surface area contributed by atoms with E-state index in [9.17, 15) is 4.79 Å². The third-order valence-electron chi connectivity index (χ3n) is 6.45. The second-order valence-corrected chi connectivity index (χ2v) is 8.98. The van der Waals surface area contributed by atoms with Crippen molar-refractivity contribution in [1.29, 1.82) is 0 Å². The Morgan fingerprint density at radius 1 is 0.846 bits per heavy atom. The molecule has 0 saturated carbocycles. The fourth-order valence-electron chi connectivity index (χ4n) is 4.47. The molecule has 5 rings (SSSR count). The number of nitrogens with one attached hydrogen (secondary N) is 1. The van der Waals surface area contributed by atoms with Crippen LogP contribution in [0.5, 0.6) is 11.5 Å². The van der Waals surface area contributed by atoms with Crippen molar-refractivity contribution in [3.05, 3.63) is 114 Å². The third kappa shape index (κ3) is 5.31. The molecular formula is C31H29N5O3. The number of carbonyl (C=O) groups excluding carboxylic acids is 1. The number of hydrogen-bond acceptors (Lipinski definition) is 5. The number of carbonyl (C=O) groups is 1. The Bertz CT molecular complexity index is 1610. The van der Waals surface area contributed by atoms with Crippen LogP contribution >= 0.6 is 0 Å². The monoisotopic (exact) mass is 519 g/mol. The Balaban J connectivity index is 1.40. The summed E-state index contributed by atoms with van der Waals surface area (Å²) < 4.78 is 14.8. The lowest BCUT2D eigenvalue weighted by atomic mass is 10.1. The molecule has 3 aromatic carbocycles. The second kappa shape index (κ2) is 11.1. The van der Waals surface area contributed by atoms with Gasteiger partial charge in [0.25, 0.3) is 5.91 Å². The fourth-order valence-corrected chi connectivity index (χ4v) is 4.47. The number of para-hydroxylation sites is 1. The van der Waals surface area contributed by atoms with Crippen LogP contribution in [0.2, 0.25) is 0 Å². The van der Waals surface area contributed by atoms with Crippen LogP contribution in [0.15, 0.2) is 96.2 Å². The topological polar surface area (TPSA) is 82.7 Å². The summed E-state index contributed by atoms with van der Waals surface area (Å²) in [7, 11) is 3.19. The minimum Gasteiger partial charge on any atom is -0.493 e. The molecule has 0 bridgehead atoms. The summed E-state index contributed by atoms with van der Waals surface area (Å²) in [5.74, 6) is 0.912. The largest absolute Gasteiger partial charge is 0.493 e. The summed E-state index contributed by atoms with van der Waals surface area (Å²) in [6.07, 6.45) is 3.46. The normalized spacial score (nSPS) is 11.1. The van der Waals surface area contributed by atoms with Gasteiger partial charge in [-0.15, -0.1) is 0 Å². The quantitative estimate of drug-likeness (QED) is 0.210. The lowest BCUT2D eigenvalue weighted by molar-refractivity contribution is 0.0955. The van der Waals surface area contributed by atoms with Crippen LogP contribution in [0.4, 0.5) is 0 Å². The molecule has 1 N–H and O–H groups in total. The maximum absolute atomic E-state index is 12.8. The maximum atomic E-state index is 12.8. The molecule has 0 aliphatic rings. The highest BCUT2D eigenvalue weighted by molar-refractivity contribution is 5.96. The highest BCUT2D eigenvalue weighted by Gasteiger charge is 2.14. The molecule has 2 heterocycles. The lowest BCUT2D eigenvalue weighted by Crippen LogP contribution is -2.17. The molecule has 8 heteroatoms. The van der Waals surface area contributed by atoms with E-state index in [4.69, 9.17) is 14.6 Å². The molecule has 8 nitrogen and oxygen atoms in total. The maximum Gasteiger partial charge on any atom is 0.271 e. The molecule has 0 unspecified atom stereocenters. The van der Waals surface area contributed by atoms with Crippen LogP contribution in [0.3, 0.4) is 0 Å². The molecule has 0 atom stereocenters. The molecule has 0 radical (unpaired) electrons. The Kier molecular flexibility index (Phi) is 7.27. The van der Waals surface area contributed by atoms with Gasteiger partial charge in [0.1, 0.15) is 5.69 Å². The smallest absolute Gasteiger partial charge is 0.271 e. The van der Waals surface area contributed by atoms with Crippen molar-refractivity contribution in [2.24, 2.45) is 5.10 Å². The van der Waals surface area contributed by atoms with E-state index >= 15 is 0 Å². The summed E-state index contributed by atoms with van der Waals surface area (Å²) in [6.45, 7) is 4.11. The number of rotatable bonds is 8. The highest BCUT2D eigenvalue weighted by atomic mass is 16.5. The van der Waals surface area contributed by atoms with Crippen LogP contribution in [-0.4, -0.2) is 40.7 Å². The first-order chi connectivity index (χ1) is 19.0. The molecule has 5 aromatic rings. The van der Waals surface area contributed by atoms with Crippen molar-refractivity contribution in [1.82, 2.24) is 19.8 Å². The zero-order valence-corrected chi connectivity index (χ0v) is 22.3. The van der Waals surface area contributed by atoms with Gasteiger partial charge in [0.15, 0.2) is 11.5 Å². The van der Waals surface area contributed by atoms with E-state index in [1.54, 1.807) is 37.2 Å². The summed E-state index contributed by atoms with van der Waals surface area (Å²) in [4.78, 5) is 12.8. The molecule has 0 aliphatic heterocycles. The predicted molar refractivity (Wildman–Crippen MR) is 152 cm³/mol. The van der Waals surface area contributed by atoms with Gasteiger partial charge in [0, 0.05) is 40.0 Å². The number of methoxy groups -OCH3 is 2. The summed E-state index contributed by atoms with van der Waals surface area (Å²) in [6, 6.07) is 27.0. The second-order valence-electron chi connectivity index (χ2n) is 8.98. The Morgan fingerprint density at radius 3 is 2.21 bits per heavy atom. The van der Waals surface area contributed by atoms with Crippen molar-refractivity contribution < 1.29 is 14.3 Å². The number of benzene rings is 3. The number of nitrogens with zero attached hydrogens (tertiary/aromatic N) is 4. The minimum atomic E-state index is -0.304. The zero-order chi connectivity index (χ0) is 27.4. The van der Waals surface area contributed by atoms with Gasteiger partial charge in [-0.2, -0.15) is 10.2 Å². The standard InChI is InChI=1S/C31H29N5O3/c1-21-10-11-22(2)36(21)27-15-12-23(13-16-27)31(37)33-32-19-25-20-35(26-8-6-5-7-9-26)34-30(25)24-14-17-28(38-3)29(18-24)39-4/h5-20H,1-4H3,(H,33,37). The summed E-state index contributed by atoms with van der Waals surface area (Å²) in [5.41, 5.74) is 9.54. The van der Waals surface area contributed by atoms with Crippen molar-refractivity contribution in [2.75, 3.05) is 14.2 Å². The van der Waals surface area contributed by atoms with Crippen molar-refractivity contribution >= 4 is 12.1 Å². The lowest BCUT2D eigenvalue weighted by Gasteiger charge is -2.10. The Labute approximate surface area is 227 Å². The van der Waals surface area contributed by atoms with Crippen molar-refractivity contribution in [3.8, 4) is 34.1 Å². The Hall–Kier alpha value is -5.11. The van der Waals surface area contributed by atoms with Gasteiger partial charge >= 0.3 is 0 Å². The van der Waals surface area contributed by atoms with E-state index in [0.29, 0.717) is 22.8 Å². The van der Waals surface area contributed by atoms with Crippen molar-refractivity contribution in [2.45, 2.75) is 13.8 Å². The number of aryl methyl sites for hydroxylation is 2. The SMILES string of the molecule is COc1ccc(-c2nn(-c3ccccc3)cc2C=NNC(=O)c2ccc(-n3c(C)ccc3C)cc2)cc1OC. The fraction of sp³-hybridized carbons (Fsp3) is 0.129. The zero-order valence-electron chi connectivity index (χ0n) is 22.3. The molecule has 0 spiro atoms. The number of aromatic nitrogens is 3. The number of hydrazone groups is 1. The predicted octanol–water partition coefficient (Wildman–Crippen LogP) is 5.73. The molecule has 0 aliphatic carbocycles. The first kappa shape index (κ1) is 25.5. The van der Waals surface area contributed by atoms with Crippen LogP contribution < -0.4 is 14.9 Å². The van der Waals surface area contributed by atoms with Crippen LogP contribution in [0, 0.1) is 13.8 Å². The molecular weight excluding hydrogens is 490 g/mol. The average molecular weight is 520 g/mol. The Morgan fingerprint density at radius 2 is 1.54 bits per heavy atom. The van der Waals surface area contributed by atoms with Crippen LogP contribution in [0.1, 0.15) is 27.3 Å². The van der Waals surface area contributed by atoms with Gasteiger partial charge in [-0.1, -0.05) is 18.2 Å². The molecule has 2 aromatic heterocycles. The van der Waals surface area contributed by atoms with E-state index in [1.807, 2.05) is 66.9 Å². The number of amides is 1. The van der Waals surface area contributed by atoms with Gasteiger partial charge in [-0.25, -0.2) is 10.1 Å². The average Bonchev–Trinajstić information content (AvgIpc) is 3.55. The molecule has 39 heavy (non-hydrogen) atoms. The van der Waals surface area contributed by atoms with Gasteiger partial charge in [0.05, 0.1) is 26.1 Å². The van der Waals surface area contributed by atoms with Gasteiger partial charge in [-0.3, -0.25) is 4.79 Å².